The molecule has 1 aromatic rings. The van der Waals surface area contributed by atoms with Gasteiger partial charge in [0.05, 0.1) is 0 Å². The lowest BCUT2D eigenvalue weighted by Gasteiger charge is -2.34. The second-order valence-electron chi connectivity index (χ2n) is 5.11. The molecule has 0 amide bonds. The summed E-state index contributed by atoms with van der Waals surface area (Å²) < 4.78 is -1.51. The number of halogens is 9. The molecule has 0 heterocycles. The van der Waals surface area contributed by atoms with E-state index in [9.17, 15) is 0 Å². The summed E-state index contributed by atoms with van der Waals surface area (Å²) in [5.74, 6) is 0. The summed E-state index contributed by atoms with van der Waals surface area (Å²) in [4.78, 5) is 0. The first-order chi connectivity index (χ1) is 10.7. The van der Waals surface area contributed by atoms with E-state index in [1.807, 2.05) is 0 Å². The van der Waals surface area contributed by atoms with Crippen LogP contribution in [0.1, 0.15) is 54.2 Å². The van der Waals surface area contributed by atoms with Crippen molar-refractivity contribution in [2.24, 2.45) is 0 Å². The van der Waals surface area contributed by atoms with Crippen molar-refractivity contribution in [1.82, 2.24) is 0 Å². The van der Waals surface area contributed by atoms with Gasteiger partial charge in [-0.1, -0.05) is 164 Å². The van der Waals surface area contributed by atoms with Crippen LogP contribution in [0.3, 0.4) is 0 Å². The Hall–Kier alpha value is 3.54. The second-order valence-corrected chi connectivity index (χ2v) is 25.4. The van der Waals surface area contributed by atoms with Gasteiger partial charge in [-0.2, -0.15) is 0 Å². The molecule has 24 heavy (non-hydrogen) atoms. The Morgan fingerprint density at radius 2 is 0.625 bits per heavy atom. The summed E-state index contributed by atoms with van der Waals surface area (Å²) in [6, 6.07) is 0. The lowest BCUT2D eigenvalue weighted by Crippen LogP contribution is -2.22. The van der Waals surface area contributed by atoms with Crippen LogP contribution >= 0.6 is 143 Å². The monoisotopic (exact) mass is 905 g/mol. The predicted octanol–water partition coefficient (Wildman–Crippen LogP) is 10.3. The zero-order chi connectivity index (χ0) is 19.1. The highest BCUT2D eigenvalue weighted by Crippen LogP contribution is 2.58. The van der Waals surface area contributed by atoms with Crippen LogP contribution in [-0.4, -0.2) is 0 Å². The average molecular weight is 914 g/mol. The molecular weight excluding hydrogens is 899 g/mol. The van der Waals surface area contributed by atoms with E-state index in [0.717, 1.165) is 19.3 Å². The third-order valence-electron chi connectivity index (χ3n) is 3.72. The molecular formula is C15H15Br9. The van der Waals surface area contributed by atoms with E-state index in [0.29, 0.717) is 0 Å². The fourth-order valence-electron chi connectivity index (χ4n) is 3.01. The van der Waals surface area contributed by atoms with Gasteiger partial charge in [-0.25, -0.2) is 0 Å². The molecule has 0 fully saturated rings. The van der Waals surface area contributed by atoms with Crippen molar-refractivity contribution >= 4 is 143 Å². The average Bonchev–Trinajstić information content (AvgIpc) is 2.40. The molecule has 9 heteroatoms. The Kier molecular flexibility index (Phi) is 10.2. The molecule has 0 nitrogen and oxygen atoms in total. The van der Waals surface area contributed by atoms with Crippen LogP contribution in [-0.2, 0) is 25.7 Å². The van der Waals surface area contributed by atoms with Crippen LogP contribution in [0.4, 0.5) is 0 Å². The third-order valence-corrected chi connectivity index (χ3v) is 7.29. The van der Waals surface area contributed by atoms with E-state index in [-0.39, 0.29) is 0 Å². The fraction of sp³-hybridized carbons (Fsp3) is 0.600. The third kappa shape index (κ3) is 5.79. The van der Waals surface area contributed by atoms with Gasteiger partial charge < -0.3 is 0 Å². The summed E-state index contributed by atoms with van der Waals surface area (Å²) in [5.41, 5.74) is 7.42. The molecule has 0 aliphatic rings. The smallest absolute Gasteiger partial charge is 0.0613 e. The number of hydrogen-bond acceptors (Lipinski definition) is 0. The molecule has 0 aromatic heterocycles. The predicted molar refractivity (Wildman–Crippen MR) is 140 cm³/mol. The van der Waals surface area contributed by atoms with E-state index in [4.69, 9.17) is 0 Å². The minimum Gasteiger partial charge on any atom is -0.0613 e. The van der Waals surface area contributed by atoms with Gasteiger partial charge in [-0.3, -0.25) is 0 Å². The minimum absolute atomic E-state index is 0.504. The van der Waals surface area contributed by atoms with Gasteiger partial charge in [0.1, 0.15) is 0 Å². The number of benzene rings is 1. The van der Waals surface area contributed by atoms with Crippen molar-refractivity contribution in [3.63, 3.8) is 0 Å². The van der Waals surface area contributed by atoms with Crippen molar-refractivity contribution in [3.05, 3.63) is 33.4 Å². The van der Waals surface area contributed by atoms with Gasteiger partial charge in [0.2, 0.25) is 0 Å². The number of hydrogen-bond donors (Lipinski definition) is 0. The first-order valence-corrected chi connectivity index (χ1v) is 14.3. The Morgan fingerprint density at radius 1 is 0.458 bits per heavy atom. The highest BCUT2D eigenvalue weighted by Gasteiger charge is 2.40. The van der Waals surface area contributed by atoms with E-state index in [1.165, 1.54) is 33.4 Å². The first-order valence-electron chi connectivity index (χ1n) is 7.13. The molecule has 0 aliphatic heterocycles. The summed E-state index contributed by atoms with van der Waals surface area (Å²) in [6.45, 7) is 6.55. The Morgan fingerprint density at radius 3 is 0.708 bits per heavy atom. The van der Waals surface area contributed by atoms with E-state index < -0.39 is 6.43 Å². The van der Waals surface area contributed by atoms with Gasteiger partial charge >= 0.3 is 0 Å². The van der Waals surface area contributed by atoms with E-state index in [1.54, 1.807) is 0 Å². The Bertz CT molecular complexity index is 497. The molecule has 0 bridgehead atoms. The molecule has 0 saturated carbocycles. The zero-order valence-corrected chi connectivity index (χ0v) is 27.3. The minimum atomic E-state index is -0.504. The molecule has 0 unspecified atom stereocenters. The first kappa shape index (κ1) is 25.6. The summed E-state index contributed by atoms with van der Waals surface area (Å²) >= 11 is 33.8. The molecule has 0 atom stereocenters. The molecule has 1 aromatic carbocycles. The van der Waals surface area contributed by atoms with Crippen LogP contribution < -0.4 is 0 Å². The summed E-state index contributed by atoms with van der Waals surface area (Å²) in [7, 11) is 0. The summed E-state index contributed by atoms with van der Waals surface area (Å²) in [6.07, 6.45) is 2.71. The van der Waals surface area contributed by atoms with Crippen molar-refractivity contribution in [1.29, 1.82) is 0 Å². The second kappa shape index (κ2) is 9.57. The van der Waals surface area contributed by atoms with Gasteiger partial charge in [0, 0.05) is 0 Å². The van der Waals surface area contributed by atoms with Crippen molar-refractivity contribution in [3.8, 4) is 0 Å². The topological polar surface area (TPSA) is 0 Å². The SMILES string of the molecule is CCc1c(C(Br)(Br)Br)c(CC)c(C(Br)(Br)Br)c(CC)c1C(Br)(Br)Br. The van der Waals surface area contributed by atoms with Gasteiger partial charge in [-0.05, 0) is 52.6 Å². The molecule has 0 N–H and O–H groups in total. The maximum atomic E-state index is 3.76. The quantitative estimate of drug-likeness (QED) is 0.265. The Labute approximate surface area is 220 Å². The fourth-order valence-corrected chi connectivity index (χ4v) is 7.32. The van der Waals surface area contributed by atoms with Crippen molar-refractivity contribution in [2.45, 2.75) is 46.5 Å². The maximum absolute atomic E-state index is 3.76. The molecule has 0 radical (unpaired) electrons. The number of alkyl halides is 9. The maximum Gasteiger partial charge on any atom is 0.160 e. The lowest BCUT2D eigenvalue weighted by atomic mass is 9.85. The van der Waals surface area contributed by atoms with Gasteiger partial charge in [-0.15, -0.1) is 0 Å². The van der Waals surface area contributed by atoms with Crippen LogP contribution in [0.2, 0.25) is 0 Å². The highest BCUT2D eigenvalue weighted by molar-refractivity contribution is 9.39. The summed E-state index contributed by atoms with van der Waals surface area (Å²) in [5, 5.41) is 0. The molecule has 0 aliphatic carbocycles. The van der Waals surface area contributed by atoms with Crippen molar-refractivity contribution in [2.75, 3.05) is 0 Å². The highest BCUT2D eigenvalue weighted by atomic mass is 80.0. The van der Waals surface area contributed by atoms with Crippen LogP contribution in [0.5, 0.6) is 0 Å². The molecule has 1 rings (SSSR count). The van der Waals surface area contributed by atoms with Crippen molar-refractivity contribution < 1.29 is 0 Å². The molecule has 0 spiro atoms. The largest absolute Gasteiger partial charge is 0.160 e. The molecule has 0 saturated heterocycles. The standard InChI is InChI=1S/C15H15Br9/c1-4-7-10(13(16,17)18)8(5-2)12(15(22,23)24)9(6-3)11(7)14(19,20)21/h4-6H2,1-3H3. The lowest BCUT2D eigenvalue weighted by molar-refractivity contribution is 0.933. The van der Waals surface area contributed by atoms with Gasteiger partial charge in [0.25, 0.3) is 0 Å². The normalized spacial score (nSPS) is 13.5. The number of rotatable bonds is 3. The van der Waals surface area contributed by atoms with Crippen LogP contribution in [0.25, 0.3) is 0 Å². The van der Waals surface area contributed by atoms with Crippen LogP contribution in [0.15, 0.2) is 0 Å². The van der Waals surface area contributed by atoms with Crippen LogP contribution in [0, 0.1) is 0 Å². The van der Waals surface area contributed by atoms with E-state index >= 15 is 0 Å². The van der Waals surface area contributed by atoms with E-state index in [2.05, 4.69) is 164 Å². The molecule has 138 valence electrons. The zero-order valence-electron chi connectivity index (χ0n) is 13.0. The van der Waals surface area contributed by atoms with Gasteiger partial charge in [0.15, 0.2) is 6.43 Å². The Balaban J connectivity index is 4.27.